The van der Waals surface area contributed by atoms with Crippen LogP contribution in [-0.2, 0) is 11.3 Å². The van der Waals surface area contributed by atoms with Crippen molar-refractivity contribution >= 4 is 12.1 Å². The fraction of sp³-hybridized carbons (Fsp3) is 0.538. The summed E-state index contributed by atoms with van der Waals surface area (Å²) in [6.07, 6.45) is 5.51. The summed E-state index contributed by atoms with van der Waals surface area (Å²) in [5, 5.41) is 7.12. The molecule has 0 saturated carbocycles. The third-order valence-electron chi connectivity index (χ3n) is 3.82. The van der Waals surface area contributed by atoms with Crippen LogP contribution >= 0.6 is 0 Å². The first kappa shape index (κ1) is 12.4. The van der Waals surface area contributed by atoms with E-state index in [1.807, 2.05) is 12.4 Å². The summed E-state index contributed by atoms with van der Waals surface area (Å²) in [4.78, 5) is 16.5. The molecule has 1 amide bonds. The molecule has 0 bridgehead atoms. The first-order chi connectivity index (χ1) is 9.26. The number of fused-ring (bicyclic) bond motifs is 1. The van der Waals surface area contributed by atoms with Crippen LogP contribution in [0.5, 0.6) is 0 Å². The highest BCUT2D eigenvalue weighted by atomic mass is 16.2. The van der Waals surface area contributed by atoms with Crippen LogP contribution in [0.4, 0.5) is 0 Å². The van der Waals surface area contributed by atoms with Crippen LogP contribution in [0.25, 0.3) is 6.20 Å². The van der Waals surface area contributed by atoms with Gasteiger partial charge in [0.1, 0.15) is 6.04 Å². The zero-order valence-electron chi connectivity index (χ0n) is 11.0. The van der Waals surface area contributed by atoms with E-state index in [1.54, 1.807) is 10.9 Å². The van der Waals surface area contributed by atoms with Crippen LogP contribution in [0, 0.1) is 0 Å². The van der Waals surface area contributed by atoms with Crippen molar-refractivity contribution in [3.05, 3.63) is 24.5 Å². The zero-order valence-corrected chi connectivity index (χ0v) is 11.0. The van der Waals surface area contributed by atoms with Gasteiger partial charge in [0.05, 0.1) is 6.20 Å². The number of nitrogens with one attached hydrogen (secondary N) is 1. The molecule has 0 aliphatic carbocycles. The van der Waals surface area contributed by atoms with Crippen LogP contribution < -0.4 is 5.32 Å². The van der Waals surface area contributed by atoms with Crippen LogP contribution in [-0.4, -0.2) is 64.3 Å². The molecule has 19 heavy (non-hydrogen) atoms. The molecule has 1 aromatic rings. The van der Waals surface area contributed by atoms with Crippen molar-refractivity contribution in [3.63, 3.8) is 0 Å². The van der Waals surface area contributed by atoms with Gasteiger partial charge in [0.2, 0.25) is 5.91 Å². The van der Waals surface area contributed by atoms with E-state index >= 15 is 0 Å². The molecule has 6 heteroatoms. The minimum atomic E-state index is 0.0111. The standard InChI is InChI=1S/C13H19N5O/c1-2-18-9-11(7-15-18)8-16-5-6-17-4-3-14-13(19)12(17)10-16/h2,7,9,12H,1,3-6,8,10H2,(H,14,19)/t12-/m0/s1. The molecule has 1 N–H and O–H groups in total. The second kappa shape index (κ2) is 5.14. The van der Waals surface area contributed by atoms with Crippen molar-refractivity contribution < 1.29 is 4.79 Å². The van der Waals surface area contributed by atoms with E-state index < -0.39 is 0 Å². The van der Waals surface area contributed by atoms with Gasteiger partial charge in [0, 0.05) is 57.2 Å². The lowest BCUT2D eigenvalue weighted by atomic mass is 10.1. The van der Waals surface area contributed by atoms with E-state index in [1.165, 1.54) is 0 Å². The third kappa shape index (κ3) is 2.54. The summed E-state index contributed by atoms with van der Waals surface area (Å²) in [6.45, 7) is 9.04. The predicted octanol–water partition coefficient (Wildman–Crippen LogP) is -0.400. The quantitative estimate of drug-likeness (QED) is 0.804. The number of rotatable bonds is 3. The Bertz CT molecular complexity index is 483. The normalized spacial score (nSPS) is 24.8. The second-order valence-corrected chi connectivity index (χ2v) is 5.09. The SMILES string of the molecule is C=Cn1cc(CN2CCN3CCNC(=O)[C@@H]3C2)cn1. The molecule has 0 radical (unpaired) electrons. The molecular weight excluding hydrogens is 242 g/mol. The van der Waals surface area contributed by atoms with E-state index in [4.69, 9.17) is 0 Å². The Kier molecular flexibility index (Phi) is 3.35. The van der Waals surface area contributed by atoms with E-state index in [0.29, 0.717) is 0 Å². The highest BCUT2D eigenvalue weighted by Crippen LogP contribution is 2.14. The summed E-state index contributed by atoms with van der Waals surface area (Å²) in [6, 6.07) is 0.0111. The van der Waals surface area contributed by atoms with E-state index in [2.05, 4.69) is 26.8 Å². The number of hydrogen-bond acceptors (Lipinski definition) is 4. The maximum absolute atomic E-state index is 11.9. The average molecular weight is 261 g/mol. The zero-order chi connectivity index (χ0) is 13.2. The van der Waals surface area contributed by atoms with E-state index in [0.717, 1.165) is 44.8 Å². The lowest BCUT2D eigenvalue weighted by molar-refractivity contribution is -0.131. The average Bonchev–Trinajstić information content (AvgIpc) is 2.87. The van der Waals surface area contributed by atoms with Crippen LogP contribution in [0.1, 0.15) is 5.56 Å². The summed E-state index contributed by atoms with van der Waals surface area (Å²) in [5.41, 5.74) is 1.16. The van der Waals surface area contributed by atoms with Crippen molar-refractivity contribution in [1.82, 2.24) is 24.9 Å². The first-order valence-electron chi connectivity index (χ1n) is 6.66. The maximum atomic E-state index is 11.9. The number of carbonyl (C=O) groups excluding carboxylic acids is 1. The number of nitrogens with zero attached hydrogens (tertiary/aromatic N) is 4. The molecule has 3 rings (SSSR count). The van der Waals surface area contributed by atoms with Crippen molar-refractivity contribution in [3.8, 4) is 0 Å². The lowest BCUT2D eigenvalue weighted by Crippen LogP contribution is -2.63. The minimum Gasteiger partial charge on any atom is -0.353 e. The molecule has 2 aliphatic rings. The molecule has 0 aromatic carbocycles. The molecule has 2 aliphatic heterocycles. The van der Waals surface area contributed by atoms with Gasteiger partial charge in [-0.25, -0.2) is 4.68 Å². The van der Waals surface area contributed by atoms with Crippen LogP contribution in [0.2, 0.25) is 0 Å². The summed E-state index contributed by atoms with van der Waals surface area (Å²) >= 11 is 0. The molecule has 102 valence electrons. The summed E-state index contributed by atoms with van der Waals surface area (Å²) < 4.78 is 1.71. The molecule has 0 spiro atoms. The second-order valence-electron chi connectivity index (χ2n) is 5.09. The molecule has 3 heterocycles. The largest absolute Gasteiger partial charge is 0.353 e. The van der Waals surface area contributed by atoms with Gasteiger partial charge in [-0.3, -0.25) is 14.6 Å². The summed E-state index contributed by atoms with van der Waals surface area (Å²) in [7, 11) is 0. The Morgan fingerprint density at radius 2 is 2.37 bits per heavy atom. The predicted molar refractivity (Wildman–Crippen MR) is 72.3 cm³/mol. The minimum absolute atomic E-state index is 0.0111. The molecule has 1 aromatic heterocycles. The van der Waals surface area contributed by atoms with Gasteiger partial charge in [-0.2, -0.15) is 5.10 Å². The van der Waals surface area contributed by atoms with Crippen LogP contribution in [0.15, 0.2) is 19.0 Å². The Morgan fingerprint density at radius 1 is 1.47 bits per heavy atom. The van der Waals surface area contributed by atoms with Gasteiger partial charge in [-0.05, 0) is 0 Å². The molecule has 6 nitrogen and oxygen atoms in total. The van der Waals surface area contributed by atoms with Gasteiger partial charge in [0.25, 0.3) is 0 Å². The van der Waals surface area contributed by atoms with E-state index in [9.17, 15) is 4.79 Å². The number of aromatic nitrogens is 2. The van der Waals surface area contributed by atoms with Crippen molar-refractivity contribution in [1.29, 1.82) is 0 Å². The van der Waals surface area contributed by atoms with Gasteiger partial charge < -0.3 is 5.32 Å². The fourth-order valence-electron chi connectivity index (χ4n) is 2.79. The molecule has 2 saturated heterocycles. The topological polar surface area (TPSA) is 53.4 Å². The van der Waals surface area contributed by atoms with Gasteiger partial charge in [-0.1, -0.05) is 6.58 Å². The monoisotopic (exact) mass is 261 g/mol. The van der Waals surface area contributed by atoms with Gasteiger partial charge >= 0.3 is 0 Å². The Balaban J connectivity index is 1.63. The number of amides is 1. The number of hydrogen-bond donors (Lipinski definition) is 1. The van der Waals surface area contributed by atoms with E-state index in [-0.39, 0.29) is 11.9 Å². The Morgan fingerprint density at radius 3 is 3.16 bits per heavy atom. The molecular formula is C13H19N5O. The third-order valence-corrected chi connectivity index (χ3v) is 3.82. The van der Waals surface area contributed by atoms with Crippen LogP contribution in [0.3, 0.4) is 0 Å². The Labute approximate surface area is 112 Å². The molecule has 1 atom stereocenters. The fourth-order valence-corrected chi connectivity index (χ4v) is 2.79. The van der Waals surface area contributed by atoms with Gasteiger partial charge in [-0.15, -0.1) is 0 Å². The van der Waals surface area contributed by atoms with Crippen molar-refractivity contribution in [2.75, 3.05) is 32.7 Å². The number of carbonyl (C=O) groups is 1. The lowest BCUT2D eigenvalue weighted by Gasteiger charge is -2.42. The highest BCUT2D eigenvalue weighted by Gasteiger charge is 2.34. The maximum Gasteiger partial charge on any atom is 0.238 e. The number of piperazine rings is 2. The molecule has 0 unspecified atom stereocenters. The molecule has 2 fully saturated rings. The van der Waals surface area contributed by atoms with Crippen molar-refractivity contribution in [2.45, 2.75) is 12.6 Å². The van der Waals surface area contributed by atoms with Crippen molar-refractivity contribution in [2.24, 2.45) is 0 Å². The summed E-state index contributed by atoms with van der Waals surface area (Å²) in [5.74, 6) is 0.165. The first-order valence-corrected chi connectivity index (χ1v) is 6.66. The highest BCUT2D eigenvalue weighted by molar-refractivity contribution is 5.82. The van der Waals surface area contributed by atoms with Gasteiger partial charge in [0.15, 0.2) is 0 Å². The Hall–Kier alpha value is -1.66. The smallest absolute Gasteiger partial charge is 0.238 e.